The lowest BCUT2D eigenvalue weighted by atomic mass is 10.1. The molecule has 0 aliphatic carbocycles. The van der Waals surface area contributed by atoms with Crippen LogP contribution in [0.2, 0.25) is 0 Å². The van der Waals surface area contributed by atoms with Gasteiger partial charge in [-0.1, -0.05) is 30.3 Å². The number of carbonyl (C=O) groups is 2. The molecule has 2 aromatic carbocycles. The Hall–Kier alpha value is -3.59. The summed E-state index contributed by atoms with van der Waals surface area (Å²) in [5, 5.41) is 9.36. The highest BCUT2D eigenvalue weighted by Crippen LogP contribution is 2.17. The summed E-state index contributed by atoms with van der Waals surface area (Å²) in [6.07, 6.45) is 0.434. The van der Waals surface area contributed by atoms with E-state index in [1.54, 1.807) is 0 Å². The maximum absolute atomic E-state index is 12.7. The maximum Gasteiger partial charge on any atom is 0.349 e. The summed E-state index contributed by atoms with van der Waals surface area (Å²) < 4.78 is 5.27. The van der Waals surface area contributed by atoms with Crippen LogP contribution in [0.3, 0.4) is 0 Å². The second kappa shape index (κ2) is 10.1. The predicted molar refractivity (Wildman–Crippen MR) is 114 cm³/mol. The fourth-order valence-corrected chi connectivity index (χ4v) is 2.74. The van der Waals surface area contributed by atoms with Crippen molar-refractivity contribution in [2.45, 2.75) is 20.0 Å². The van der Waals surface area contributed by atoms with Crippen molar-refractivity contribution in [2.24, 2.45) is 0 Å². The van der Waals surface area contributed by atoms with Crippen LogP contribution in [0, 0.1) is 11.3 Å². The number of esters is 1. The third-order valence-corrected chi connectivity index (χ3v) is 4.34. The molecule has 0 aliphatic rings. The molecular formula is C23H25N3O3. The van der Waals surface area contributed by atoms with Crippen molar-refractivity contribution >= 4 is 29.3 Å². The molecule has 29 heavy (non-hydrogen) atoms. The topological polar surface area (TPSA) is 73.6 Å². The van der Waals surface area contributed by atoms with Crippen LogP contribution in [-0.2, 0) is 14.3 Å². The average Bonchev–Trinajstić information content (AvgIpc) is 2.73. The van der Waals surface area contributed by atoms with Crippen LogP contribution in [0.1, 0.15) is 19.4 Å². The van der Waals surface area contributed by atoms with Crippen LogP contribution in [0.5, 0.6) is 0 Å². The first-order valence-electron chi connectivity index (χ1n) is 9.34. The molecule has 0 bridgehead atoms. The summed E-state index contributed by atoms with van der Waals surface area (Å²) in [5.41, 5.74) is 2.26. The SMILES string of the molecule is CCN(C(=O)[C@@H](C)OC(=O)/C(C#N)=C/c1ccc(N(C)C)cc1)c1ccccc1. The first-order valence-corrected chi connectivity index (χ1v) is 9.34. The van der Waals surface area contributed by atoms with Gasteiger partial charge < -0.3 is 14.5 Å². The van der Waals surface area contributed by atoms with Crippen LogP contribution in [0.4, 0.5) is 11.4 Å². The minimum atomic E-state index is -1.02. The zero-order valence-corrected chi connectivity index (χ0v) is 17.1. The Morgan fingerprint density at radius 1 is 1.07 bits per heavy atom. The van der Waals surface area contributed by atoms with Crippen LogP contribution in [0.15, 0.2) is 60.2 Å². The van der Waals surface area contributed by atoms with Gasteiger partial charge in [0.2, 0.25) is 0 Å². The number of nitrogens with zero attached hydrogens (tertiary/aromatic N) is 3. The quantitative estimate of drug-likeness (QED) is 0.409. The zero-order valence-electron chi connectivity index (χ0n) is 17.1. The van der Waals surface area contributed by atoms with Crippen molar-refractivity contribution < 1.29 is 14.3 Å². The minimum absolute atomic E-state index is 0.162. The largest absolute Gasteiger partial charge is 0.448 e. The van der Waals surface area contributed by atoms with Crippen LogP contribution < -0.4 is 9.80 Å². The number of hydrogen-bond donors (Lipinski definition) is 0. The number of carbonyl (C=O) groups excluding carboxylic acids is 2. The number of amides is 1. The van der Waals surface area contributed by atoms with Gasteiger partial charge in [-0.05, 0) is 49.8 Å². The molecular weight excluding hydrogens is 366 g/mol. The lowest BCUT2D eigenvalue weighted by Gasteiger charge is -2.24. The number of benzene rings is 2. The standard InChI is InChI=1S/C23H25N3O3/c1-5-26(21-9-7-6-8-10-21)22(27)17(2)29-23(28)19(16-24)15-18-11-13-20(14-12-18)25(3)4/h6-15,17H,5H2,1-4H3/b19-15+/t17-/m1/s1. The van der Waals surface area contributed by atoms with Gasteiger partial charge in [-0.3, -0.25) is 4.79 Å². The molecule has 1 amide bonds. The van der Waals surface area contributed by atoms with Gasteiger partial charge in [0.05, 0.1) is 0 Å². The number of rotatable bonds is 7. The summed E-state index contributed by atoms with van der Waals surface area (Å²) in [6.45, 7) is 3.79. The van der Waals surface area contributed by atoms with Crippen LogP contribution in [-0.4, -0.2) is 38.6 Å². The van der Waals surface area contributed by atoms with Crippen molar-refractivity contribution in [3.63, 3.8) is 0 Å². The Morgan fingerprint density at radius 2 is 1.69 bits per heavy atom. The fourth-order valence-electron chi connectivity index (χ4n) is 2.74. The average molecular weight is 391 g/mol. The second-order valence-corrected chi connectivity index (χ2v) is 6.62. The lowest BCUT2D eigenvalue weighted by molar-refractivity contribution is -0.149. The van der Waals surface area contributed by atoms with Gasteiger partial charge in [0.25, 0.3) is 5.91 Å². The Morgan fingerprint density at radius 3 is 2.21 bits per heavy atom. The molecule has 0 spiro atoms. The maximum atomic E-state index is 12.7. The summed E-state index contributed by atoms with van der Waals surface area (Å²) >= 11 is 0. The number of anilines is 2. The van der Waals surface area contributed by atoms with E-state index in [1.807, 2.05) is 86.6 Å². The van der Waals surface area contributed by atoms with E-state index >= 15 is 0 Å². The van der Waals surface area contributed by atoms with E-state index in [2.05, 4.69) is 0 Å². The molecule has 6 heteroatoms. The highest BCUT2D eigenvalue weighted by molar-refractivity contribution is 6.01. The summed E-state index contributed by atoms with van der Waals surface area (Å²) in [4.78, 5) is 28.6. The van der Waals surface area contributed by atoms with E-state index in [0.717, 1.165) is 11.4 Å². The van der Waals surface area contributed by atoms with Crippen molar-refractivity contribution in [3.05, 3.63) is 65.7 Å². The van der Waals surface area contributed by atoms with Crippen LogP contribution in [0.25, 0.3) is 6.08 Å². The van der Waals surface area contributed by atoms with E-state index in [9.17, 15) is 14.9 Å². The molecule has 150 valence electrons. The summed E-state index contributed by atoms with van der Waals surface area (Å²) in [6, 6.07) is 18.4. The Bertz CT molecular complexity index is 913. The number of hydrogen-bond acceptors (Lipinski definition) is 5. The lowest BCUT2D eigenvalue weighted by Crippen LogP contribution is -2.40. The van der Waals surface area contributed by atoms with Crippen molar-refractivity contribution in [1.82, 2.24) is 0 Å². The van der Waals surface area contributed by atoms with Crippen molar-refractivity contribution in [3.8, 4) is 6.07 Å². The first-order chi connectivity index (χ1) is 13.9. The third-order valence-electron chi connectivity index (χ3n) is 4.34. The van der Waals surface area contributed by atoms with Gasteiger partial charge in [-0.25, -0.2) is 4.79 Å². The van der Waals surface area contributed by atoms with Crippen molar-refractivity contribution in [2.75, 3.05) is 30.4 Å². The number of ether oxygens (including phenoxy) is 1. The van der Waals surface area contributed by atoms with Gasteiger partial charge in [-0.15, -0.1) is 0 Å². The first kappa shape index (κ1) is 21.7. The van der Waals surface area contributed by atoms with Gasteiger partial charge in [0.15, 0.2) is 6.10 Å². The number of para-hydroxylation sites is 1. The summed E-state index contributed by atoms with van der Waals surface area (Å²) in [5.74, 6) is -1.17. The smallest absolute Gasteiger partial charge is 0.349 e. The molecule has 0 N–H and O–H groups in total. The Labute approximate surface area is 171 Å². The van der Waals surface area contributed by atoms with Crippen LogP contribution >= 0.6 is 0 Å². The van der Waals surface area contributed by atoms with Gasteiger partial charge in [0.1, 0.15) is 11.6 Å². The van der Waals surface area contributed by atoms with Crippen molar-refractivity contribution in [1.29, 1.82) is 5.26 Å². The summed E-state index contributed by atoms with van der Waals surface area (Å²) in [7, 11) is 3.85. The van der Waals surface area contributed by atoms with E-state index in [4.69, 9.17) is 4.74 Å². The number of likely N-dealkylation sites (N-methyl/N-ethyl adjacent to an activating group) is 1. The van der Waals surface area contributed by atoms with E-state index in [0.29, 0.717) is 12.1 Å². The van der Waals surface area contributed by atoms with Gasteiger partial charge in [-0.2, -0.15) is 5.26 Å². The molecule has 0 saturated carbocycles. The van der Waals surface area contributed by atoms with Gasteiger partial charge >= 0.3 is 5.97 Å². The highest BCUT2D eigenvalue weighted by Gasteiger charge is 2.25. The molecule has 0 saturated heterocycles. The zero-order chi connectivity index (χ0) is 21.4. The molecule has 0 heterocycles. The monoisotopic (exact) mass is 391 g/mol. The molecule has 0 aliphatic heterocycles. The second-order valence-electron chi connectivity index (χ2n) is 6.62. The molecule has 2 aromatic rings. The molecule has 1 atom stereocenters. The molecule has 0 unspecified atom stereocenters. The van der Waals surface area contributed by atoms with E-state index in [-0.39, 0.29) is 11.5 Å². The molecule has 2 rings (SSSR count). The Balaban J connectivity index is 2.11. The third kappa shape index (κ3) is 5.69. The molecule has 6 nitrogen and oxygen atoms in total. The Kier molecular flexibility index (Phi) is 7.55. The van der Waals surface area contributed by atoms with E-state index in [1.165, 1.54) is 17.9 Å². The minimum Gasteiger partial charge on any atom is -0.448 e. The van der Waals surface area contributed by atoms with Gasteiger partial charge in [0, 0.05) is 32.0 Å². The van der Waals surface area contributed by atoms with E-state index < -0.39 is 12.1 Å². The normalized spacial score (nSPS) is 11.9. The number of nitriles is 1. The highest BCUT2D eigenvalue weighted by atomic mass is 16.5. The predicted octanol–water partition coefficient (Wildman–Crippen LogP) is 3.64. The molecule has 0 aromatic heterocycles. The molecule has 0 fully saturated rings. The molecule has 0 radical (unpaired) electrons. The fraction of sp³-hybridized carbons (Fsp3) is 0.261.